The van der Waals surface area contributed by atoms with Gasteiger partial charge in [-0.05, 0) is 85.1 Å². The van der Waals surface area contributed by atoms with Crippen molar-refractivity contribution in [2.75, 3.05) is 0 Å². The summed E-state index contributed by atoms with van der Waals surface area (Å²) in [7, 11) is 0. The molecule has 7 nitrogen and oxygen atoms in total. The zero-order valence-electron chi connectivity index (χ0n) is 37.6. The van der Waals surface area contributed by atoms with Gasteiger partial charge in [0.2, 0.25) is 5.78 Å². The molecule has 0 saturated carbocycles. The molecule has 4 aromatic heterocycles. The Bertz CT molecular complexity index is 3990. The van der Waals surface area contributed by atoms with Crippen LogP contribution in [-0.4, -0.2) is 23.5 Å². The van der Waals surface area contributed by atoms with Gasteiger partial charge in [-0.3, -0.25) is 8.97 Å². The molecule has 0 spiro atoms. The van der Waals surface area contributed by atoms with Gasteiger partial charge in [-0.15, -0.1) is 12.1 Å². The van der Waals surface area contributed by atoms with Gasteiger partial charge in [-0.1, -0.05) is 194 Å². The van der Waals surface area contributed by atoms with Gasteiger partial charge in [0.05, 0.1) is 27.8 Å². The molecular formula is C62H40N6OPt-2. The molecule has 0 atom stereocenters. The first kappa shape index (κ1) is 42.7. The van der Waals surface area contributed by atoms with E-state index < -0.39 is 0 Å². The maximum Gasteiger partial charge on any atom is 0.268 e. The Hall–Kier alpha value is -8.64. The molecule has 0 bridgehead atoms. The minimum Gasteiger partial charge on any atom is -0.503 e. The molecule has 8 heteroatoms. The second-order valence-corrected chi connectivity index (χ2v) is 17.0. The maximum absolute atomic E-state index is 6.96. The number of pyridine rings is 1. The number of rotatable bonds is 6. The second-order valence-electron chi connectivity index (χ2n) is 17.0. The van der Waals surface area contributed by atoms with Crippen molar-refractivity contribution < 1.29 is 30.4 Å². The van der Waals surface area contributed by atoms with Crippen LogP contribution >= 0.6 is 0 Å². The molecule has 1 aliphatic rings. The van der Waals surface area contributed by atoms with Crippen molar-refractivity contribution in [3.05, 3.63) is 249 Å². The average Bonchev–Trinajstić information content (AvgIpc) is 4.08. The number of ether oxygens (including phenoxy) is 1. The number of hydrogen-bond acceptors (Lipinski definition) is 3. The molecular weight excluding hydrogens is 1040 g/mol. The van der Waals surface area contributed by atoms with Crippen LogP contribution in [0.4, 0.5) is 0 Å². The molecule has 0 aliphatic carbocycles. The Balaban J connectivity index is 0.00000505. The Kier molecular flexibility index (Phi) is 10.8. The molecule has 5 heterocycles. The van der Waals surface area contributed by atoms with Gasteiger partial charge >= 0.3 is 0 Å². The Labute approximate surface area is 419 Å². The number of allylic oxidation sites excluding steroid dienone is 5. The first-order valence-electron chi connectivity index (χ1n) is 23.0. The Morgan fingerprint density at radius 3 is 2.06 bits per heavy atom. The summed E-state index contributed by atoms with van der Waals surface area (Å²) < 4.78 is 15.7. The topological polar surface area (TPSA) is 53.2 Å². The molecule has 0 fully saturated rings. The predicted octanol–water partition coefficient (Wildman–Crippen LogP) is 14.1. The number of para-hydroxylation sites is 5. The quantitative estimate of drug-likeness (QED) is 0.123. The van der Waals surface area contributed by atoms with Gasteiger partial charge in [0.1, 0.15) is 0 Å². The van der Waals surface area contributed by atoms with Crippen molar-refractivity contribution in [1.82, 2.24) is 23.5 Å². The van der Waals surface area contributed by atoms with Crippen LogP contribution < -0.4 is 9.30 Å². The Morgan fingerprint density at radius 2 is 1.26 bits per heavy atom. The third-order valence-electron chi connectivity index (χ3n) is 12.9. The zero-order valence-corrected chi connectivity index (χ0v) is 39.9. The van der Waals surface area contributed by atoms with Crippen molar-refractivity contribution in [1.29, 1.82) is 0 Å². The smallest absolute Gasteiger partial charge is 0.268 e. The predicted molar refractivity (Wildman–Crippen MR) is 276 cm³/mol. The van der Waals surface area contributed by atoms with Crippen LogP contribution in [0, 0.1) is 18.5 Å². The molecule has 0 radical (unpaired) electrons. The van der Waals surface area contributed by atoms with Crippen molar-refractivity contribution in [3.63, 3.8) is 0 Å². The number of benzene rings is 8. The first-order chi connectivity index (χ1) is 34.2. The van der Waals surface area contributed by atoms with E-state index in [1.54, 1.807) is 0 Å². The third kappa shape index (κ3) is 7.22. The van der Waals surface area contributed by atoms with Crippen LogP contribution in [-0.2, 0) is 27.6 Å². The summed E-state index contributed by atoms with van der Waals surface area (Å²) in [5.74, 6) is 1.85. The van der Waals surface area contributed by atoms with E-state index in [0.717, 1.165) is 106 Å². The van der Waals surface area contributed by atoms with Crippen LogP contribution in [0.1, 0.15) is 5.56 Å². The van der Waals surface area contributed by atoms with E-state index >= 15 is 0 Å². The van der Waals surface area contributed by atoms with Crippen LogP contribution in [0.3, 0.4) is 0 Å². The number of hydrogen-bond donors (Lipinski definition) is 0. The van der Waals surface area contributed by atoms with Crippen molar-refractivity contribution in [2.24, 2.45) is 0 Å². The average molecular weight is 1080 g/mol. The fourth-order valence-corrected chi connectivity index (χ4v) is 9.87. The summed E-state index contributed by atoms with van der Waals surface area (Å²) in [5, 5.41) is 0. The largest absolute Gasteiger partial charge is 0.503 e. The summed E-state index contributed by atoms with van der Waals surface area (Å²) in [6.45, 7) is 5.03. The summed E-state index contributed by atoms with van der Waals surface area (Å²) in [6, 6.07) is 72.2. The number of fused-ring (bicyclic) bond motifs is 10. The number of nitrogens with zero attached hydrogens (tertiary/aromatic N) is 6. The van der Waals surface area contributed by atoms with Gasteiger partial charge < -0.3 is 18.9 Å². The maximum atomic E-state index is 6.96. The minimum atomic E-state index is 0. The van der Waals surface area contributed by atoms with Gasteiger partial charge in [0, 0.05) is 45.3 Å². The van der Waals surface area contributed by atoms with E-state index in [1.807, 2.05) is 36.5 Å². The van der Waals surface area contributed by atoms with Gasteiger partial charge in [-0.2, -0.15) is 12.1 Å². The van der Waals surface area contributed by atoms with Gasteiger partial charge in [0.25, 0.3) is 6.33 Å². The molecule has 70 heavy (non-hydrogen) atoms. The summed E-state index contributed by atoms with van der Waals surface area (Å²) >= 11 is 0. The fraction of sp³-hybridized carbons (Fsp3) is 0.0161. The monoisotopic (exact) mass is 1080 g/mol. The fourth-order valence-electron chi connectivity index (χ4n) is 9.87. The van der Waals surface area contributed by atoms with E-state index in [2.05, 4.69) is 225 Å². The third-order valence-corrected chi connectivity index (χ3v) is 12.9. The summed E-state index contributed by atoms with van der Waals surface area (Å²) in [6.07, 6.45) is 14.0. The molecule has 13 rings (SSSR count). The van der Waals surface area contributed by atoms with Crippen LogP contribution in [0.25, 0.3) is 100 Å². The van der Waals surface area contributed by atoms with Crippen LogP contribution in [0.2, 0.25) is 0 Å². The van der Waals surface area contributed by atoms with E-state index in [-0.39, 0.29) is 21.1 Å². The Morgan fingerprint density at radius 1 is 0.586 bits per heavy atom. The van der Waals surface area contributed by atoms with Gasteiger partial charge in [0.15, 0.2) is 0 Å². The normalized spacial score (nSPS) is 13.2. The molecule has 0 amide bonds. The first-order valence-corrected chi connectivity index (χ1v) is 23.0. The zero-order chi connectivity index (χ0) is 45.8. The van der Waals surface area contributed by atoms with Crippen LogP contribution in [0.15, 0.2) is 225 Å². The minimum absolute atomic E-state index is 0. The van der Waals surface area contributed by atoms with E-state index in [4.69, 9.17) is 14.7 Å². The molecule has 0 N–H and O–H groups in total. The van der Waals surface area contributed by atoms with Crippen molar-refractivity contribution in [2.45, 2.75) is 6.54 Å². The standard InChI is InChI=1S/C62H40N6O.Pt/c1-42-20-5-4-16-37-65-61-53(59-52(31-19-36-63-59)51-28-11-10-27-48(42)51)39-47(40-58(61)68-55-33-13-12-32-54(55)64-62(65)68)69-46-26-17-25-45(38-46)66-41-67(57-35-15-14-34-56(57)66)60-49(43-21-6-2-7-22-43)29-18-30-50(60)44-23-8-3-9-24-44;/h2-36,40H,1,37H2;/q-2;/b16-4-,20-5-;. The molecule has 1 aliphatic heterocycles. The molecule has 0 saturated heterocycles. The second kappa shape index (κ2) is 17.8. The van der Waals surface area contributed by atoms with Crippen molar-refractivity contribution in [3.8, 4) is 67.5 Å². The number of aromatic nitrogens is 6. The summed E-state index contributed by atoms with van der Waals surface area (Å²) in [4.78, 5) is 10.3. The number of imidazole rings is 3. The molecule has 336 valence electrons. The van der Waals surface area contributed by atoms with E-state index in [0.29, 0.717) is 18.0 Å². The van der Waals surface area contributed by atoms with Gasteiger partial charge in [-0.25, -0.2) is 4.98 Å². The van der Waals surface area contributed by atoms with Crippen LogP contribution in [0.5, 0.6) is 11.5 Å². The SMILES string of the molecule is C=C1/C=C\C=C/Cn2c3c([c-]c(Oc4[c-]c(-n5[c-][n+](-c6c(-c7ccccc7)cccc6-c6ccccc6)c6ccccc65)ccc4)cc3n3c4ccccc4nc23)-c2ncccc2-c2ccccc21.[Pt]. The molecule has 12 aromatic rings. The molecule has 0 unspecified atom stereocenters. The molecule has 8 aromatic carbocycles. The summed E-state index contributed by atoms with van der Waals surface area (Å²) in [5.41, 5.74) is 17.5. The van der Waals surface area contributed by atoms with Crippen molar-refractivity contribution >= 4 is 44.5 Å². The van der Waals surface area contributed by atoms with E-state index in [9.17, 15) is 0 Å². The van der Waals surface area contributed by atoms with E-state index in [1.165, 1.54) is 0 Å².